The summed E-state index contributed by atoms with van der Waals surface area (Å²) in [4.78, 5) is 48.0. The molecule has 0 aliphatic carbocycles. The van der Waals surface area contributed by atoms with Crippen LogP contribution in [0.15, 0.2) is 24.3 Å². The number of carboxylic acid groups (broad SMARTS) is 1. The van der Waals surface area contributed by atoms with E-state index in [9.17, 15) is 42.8 Å². The van der Waals surface area contributed by atoms with Gasteiger partial charge in [0.1, 0.15) is 18.0 Å². The fraction of sp³-hybridized carbons (Fsp3) is 0.609. The summed E-state index contributed by atoms with van der Waals surface area (Å²) in [6.45, 7) is 7.80. The highest BCUT2D eigenvalue weighted by molar-refractivity contribution is 5.91. The van der Waals surface area contributed by atoms with Crippen LogP contribution in [0.3, 0.4) is 0 Å². The average Bonchev–Trinajstić information content (AvgIpc) is 2.68. The number of hydrogen-bond acceptors (Lipinski definition) is 5. The largest absolute Gasteiger partial charge is 0.480 e. The second kappa shape index (κ2) is 12.0. The van der Waals surface area contributed by atoms with Crippen molar-refractivity contribution in [3.63, 3.8) is 0 Å². The van der Waals surface area contributed by atoms with Gasteiger partial charge in [-0.15, -0.1) is 0 Å². The zero-order valence-electron chi connectivity index (χ0n) is 20.3. The first kappa shape index (κ1) is 29.9. The van der Waals surface area contributed by atoms with Gasteiger partial charge in [-0.25, -0.2) is 4.79 Å². The Morgan fingerprint density at radius 3 is 2.14 bits per heavy atom. The standard InChI is InChI=1S/C23H32F3N3O6/c1-13(2)9-15(12-29(34)35)19(30)28-18(22(3,4)5)20(31)27-17(21(32)33)11-14-7-6-8-16(10-14)23(24,25)26/h6-8,10,13,15,17-18H,9,11-12H2,1-5H3,(H,27,31)(H,28,30)(H,32,33)/t15-,17-,18-/m1/s1. The molecule has 35 heavy (non-hydrogen) atoms. The average molecular weight is 504 g/mol. The molecule has 196 valence electrons. The molecule has 0 saturated carbocycles. The predicted molar refractivity (Wildman–Crippen MR) is 121 cm³/mol. The van der Waals surface area contributed by atoms with Crippen LogP contribution in [0.1, 0.15) is 52.2 Å². The van der Waals surface area contributed by atoms with Crippen molar-refractivity contribution in [1.82, 2.24) is 10.6 Å². The van der Waals surface area contributed by atoms with E-state index in [0.717, 1.165) is 18.2 Å². The number of alkyl halides is 3. The van der Waals surface area contributed by atoms with Gasteiger partial charge in [-0.05, 0) is 29.4 Å². The minimum Gasteiger partial charge on any atom is -0.480 e. The third-order valence-corrected chi connectivity index (χ3v) is 5.22. The molecule has 0 saturated heterocycles. The van der Waals surface area contributed by atoms with Crippen molar-refractivity contribution < 1.29 is 37.6 Å². The molecule has 0 spiro atoms. The lowest BCUT2D eigenvalue weighted by atomic mass is 9.85. The summed E-state index contributed by atoms with van der Waals surface area (Å²) in [7, 11) is 0. The maximum absolute atomic E-state index is 13.0. The molecule has 0 aromatic heterocycles. The molecule has 0 aliphatic heterocycles. The number of carbonyl (C=O) groups is 3. The van der Waals surface area contributed by atoms with Gasteiger partial charge in [0, 0.05) is 11.3 Å². The normalized spacial score (nSPS) is 14.7. The molecule has 2 amide bonds. The van der Waals surface area contributed by atoms with E-state index in [-0.39, 0.29) is 17.9 Å². The van der Waals surface area contributed by atoms with Gasteiger partial charge in [0.05, 0.1) is 5.56 Å². The molecule has 0 bridgehead atoms. The number of nitro groups is 1. The maximum atomic E-state index is 13.0. The molecule has 1 aromatic carbocycles. The molecule has 3 atom stereocenters. The number of rotatable bonds is 11. The zero-order valence-corrected chi connectivity index (χ0v) is 20.3. The number of benzene rings is 1. The molecule has 1 aromatic rings. The Balaban J connectivity index is 3.11. The SMILES string of the molecule is CC(C)C[C@H](C[N+](=O)[O-])C(=O)N[C@H](C(=O)N[C@H](Cc1cccc(C(F)(F)F)c1)C(=O)O)C(C)(C)C. The highest BCUT2D eigenvalue weighted by atomic mass is 19.4. The topological polar surface area (TPSA) is 139 Å². The summed E-state index contributed by atoms with van der Waals surface area (Å²) in [5.41, 5.74) is -1.81. The Hall–Kier alpha value is -3.18. The Morgan fingerprint density at radius 2 is 1.69 bits per heavy atom. The monoisotopic (exact) mass is 503 g/mol. The number of halogens is 3. The number of hydrogen-bond donors (Lipinski definition) is 3. The van der Waals surface area contributed by atoms with E-state index in [4.69, 9.17) is 0 Å². The minimum atomic E-state index is -4.62. The zero-order chi connectivity index (χ0) is 27.1. The highest BCUT2D eigenvalue weighted by Gasteiger charge is 2.37. The summed E-state index contributed by atoms with van der Waals surface area (Å²) in [5, 5.41) is 25.4. The van der Waals surface area contributed by atoms with Crippen LogP contribution in [0.2, 0.25) is 0 Å². The fourth-order valence-corrected chi connectivity index (χ4v) is 3.51. The fourth-order valence-electron chi connectivity index (χ4n) is 3.51. The molecule has 0 radical (unpaired) electrons. The predicted octanol–water partition coefficient (Wildman–Crippen LogP) is 3.29. The number of nitrogens with one attached hydrogen (secondary N) is 2. The van der Waals surface area contributed by atoms with Crippen LogP contribution in [-0.2, 0) is 27.0 Å². The molecule has 3 N–H and O–H groups in total. The smallest absolute Gasteiger partial charge is 0.416 e. The van der Waals surface area contributed by atoms with Gasteiger partial charge >= 0.3 is 12.1 Å². The van der Waals surface area contributed by atoms with Crippen molar-refractivity contribution in [3.05, 3.63) is 45.5 Å². The Morgan fingerprint density at radius 1 is 1.09 bits per heavy atom. The van der Waals surface area contributed by atoms with E-state index in [2.05, 4.69) is 10.6 Å². The number of nitrogens with zero attached hydrogens (tertiary/aromatic N) is 1. The van der Waals surface area contributed by atoms with Crippen molar-refractivity contribution >= 4 is 17.8 Å². The van der Waals surface area contributed by atoms with Gasteiger partial charge < -0.3 is 15.7 Å². The van der Waals surface area contributed by atoms with Crippen LogP contribution in [0.4, 0.5) is 13.2 Å². The van der Waals surface area contributed by atoms with Crippen molar-refractivity contribution in [2.24, 2.45) is 17.3 Å². The molecule has 0 heterocycles. The summed E-state index contributed by atoms with van der Waals surface area (Å²) < 4.78 is 39.0. The summed E-state index contributed by atoms with van der Waals surface area (Å²) in [6.07, 6.45) is -4.83. The van der Waals surface area contributed by atoms with E-state index in [1.807, 2.05) is 0 Å². The third kappa shape index (κ3) is 9.91. The number of carbonyl (C=O) groups excluding carboxylic acids is 2. The molecular formula is C23H32F3N3O6. The molecule has 9 nitrogen and oxygen atoms in total. The number of carboxylic acids is 1. The Labute approximate surface area is 201 Å². The van der Waals surface area contributed by atoms with E-state index in [1.54, 1.807) is 34.6 Å². The summed E-state index contributed by atoms with van der Waals surface area (Å²) in [5.74, 6) is -4.08. The van der Waals surface area contributed by atoms with Gasteiger partial charge in [0.2, 0.25) is 18.4 Å². The van der Waals surface area contributed by atoms with Crippen LogP contribution >= 0.6 is 0 Å². The number of amides is 2. The maximum Gasteiger partial charge on any atom is 0.416 e. The minimum absolute atomic E-state index is 0.0311. The molecule has 1 rings (SSSR count). The summed E-state index contributed by atoms with van der Waals surface area (Å²) in [6, 6.07) is 1.29. The van der Waals surface area contributed by atoms with Crippen molar-refractivity contribution in [1.29, 1.82) is 0 Å². The second-order valence-corrected chi connectivity index (χ2v) is 9.95. The van der Waals surface area contributed by atoms with E-state index < -0.39 is 70.8 Å². The van der Waals surface area contributed by atoms with Crippen LogP contribution in [0.5, 0.6) is 0 Å². The lowest BCUT2D eigenvalue weighted by molar-refractivity contribution is -0.486. The Kier molecular flexibility index (Phi) is 10.2. The van der Waals surface area contributed by atoms with Gasteiger partial charge in [-0.2, -0.15) is 13.2 Å². The molecule has 0 fully saturated rings. The van der Waals surface area contributed by atoms with Gasteiger partial charge in [-0.3, -0.25) is 19.7 Å². The van der Waals surface area contributed by atoms with Crippen molar-refractivity contribution in [2.45, 2.75) is 65.7 Å². The van der Waals surface area contributed by atoms with E-state index in [1.165, 1.54) is 6.07 Å². The third-order valence-electron chi connectivity index (χ3n) is 5.22. The van der Waals surface area contributed by atoms with Gasteiger partial charge in [-0.1, -0.05) is 52.8 Å². The van der Waals surface area contributed by atoms with Crippen molar-refractivity contribution in [3.8, 4) is 0 Å². The first-order valence-electron chi connectivity index (χ1n) is 11.0. The van der Waals surface area contributed by atoms with Crippen LogP contribution in [0.25, 0.3) is 0 Å². The van der Waals surface area contributed by atoms with Crippen LogP contribution in [-0.4, -0.2) is 46.4 Å². The highest BCUT2D eigenvalue weighted by Crippen LogP contribution is 2.30. The lowest BCUT2D eigenvalue weighted by Crippen LogP contribution is -2.58. The number of aliphatic carboxylic acids is 1. The Bertz CT molecular complexity index is 928. The first-order valence-corrected chi connectivity index (χ1v) is 11.0. The first-order chi connectivity index (χ1) is 15.9. The molecule has 0 unspecified atom stereocenters. The van der Waals surface area contributed by atoms with Crippen molar-refractivity contribution in [2.75, 3.05) is 6.54 Å². The lowest BCUT2D eigenvalue weighted by Gasteiger charge is -2.32. The van der Waals surface area contributed by atoms with Crippen LogP contribution in [0, 0.1) is 27.4 Å². The van der Waals surface area contributed by atoms with E-state index >= 15 is 0 Å². The summed E-state index contributed by atoms with van der Waals surface area (Å²) >= 11 is 0. The van der Waals surface area contributed by atoms with E-state index in [0.29, 0.717) is 0 Å². The molecule has 0 aliphatic rings. The second-order valence-electron chi connectivity index (χ2n) is 9.95. The van der Waals surface area contributed by atoms with Gasteiger partial charge in [0.15, 0.2) is 0 Å². The quantitative estimate of drug-likeness (QED) is 0.313. The van der Waals surface area contributed by atoms with Crippen LogP contribution < -0.4 is 10.6 Å². The molecule has 12 heteroatoms. The molecular weight excluding hydrogens is 471 g/mol. The van der Waals surface area contributed by atoms with Gasteiger partial charge in [0.25, 0.3) is 0 Å².